The number of alkyl halides is 2. The van der Waals surface area contributed by atoms with Crippen molar-refractivity contribution in [2.45, 2.75) is 51.4 Å². The third-order valence-electron chi connectivity index (χ3n) is 3.88. The monoisotopic (exact) mass is 268 g/mol. The number of nitrogens with zero attached hydrogens (tertiary/aromatic N) is 1. The van der Waals surface area contributed by atoms with Gasteiger partial charge in [-0.2, -0.15) is 0 Å². The lowest BCUT2D eigenvalue weighted by Crippen LogP contribution is -2.26. The molecule has 5 heteroatoms. The first-order valence-electron chi connectivity index (χ1n) is 6.45. The summed E-state index contributed by atoms with van der Waals surface area (Å²) in [6, 6.07) is 0. The molecule has 0 spiro atoms. The SMILES string of the molecule is Cc1cnc(C)c(C(N)=O)c1C1CCC(F)(F)CC1. The molecule has 1 heterocycles. The number of hydrogen-bond acceptors (Lipinski definition) is 2. The Labute approximate surface area is 111 Å². The van der Waals surface area contributed by atoms with Crippen LogP contribution in [0.25, 0.3) is 0 Å². The van der Waals surface area contributed by atoms with Crippen molar-refractivity contribution in [3.63, 3.8) is 0 Å². The summed E-state index contributed by atoms with van der Waals surface area (Å²) in [5.74, 6) is -3.12. The minimum Gasteiger partial charge on any atom is -0.366 e. The molecule has 1 saturated carbocycles. The van der Waals surface area contributed by atoms with Crippen molar-refractivity contribution in [3.8, 4) is 0 Å². The van der Waals surface area contributed by atoms with Crippen LogP contribution in [-0.4, -0.2) is 16.8 Å². The Morgan fingerprint density at radius 1 is 1.37 bits per heavy atom. The van der Waals surface area contributed by atoms with Gasteiger partial charge in [0.05, 0.1) is 11.3 Å². The van der Waals surface area contributed by atoms with Crippen LogP contribution in [0.2, 0.25) is 0 Å². The van der Waals surface area contributed by atoms with Crippen LogP contribution >= 0.6 is 0 Å². The van der Waals surface area contributed by atoms with E-state index in [0.29, 0.717) is 24.1 Å². The quantitative estimate of drug-likeness (QED) is 0.896. The molecule has 1 fully saturated rings. The maximum absolute atomic E-state index is 13.2. The van der Waals surface area contributed by atoms with Gasteiger partial charge in [-0.3, -0.25) is 9.78 Å². The van der Waals surface area contributed by atoms with E-state index >= 15 is 0 Å². The number of carbonyl (C=O) groups excluding carboxylic acids is 1. The Morgan fingerprint density at radius 3 is 2.47 bits per heavy atom. The molecular weight excluding hydrogens is 250 g/mol. The van der Waals surface area contributed by atoms with Gasteiger partial charge >= 0.3 is 0 Å². The summed E-state index contributed by atoms with van der Waals surface area (Å²) in [6.45, 7) is 3.57. The van der Waals surface area contributed by atoms with E-state index in [0.717, 1.165) is 11.1 Å². The molecule has 0 aliphatic heterocycles. The van der Waals surface area contributed by atoms with Crippen LogP contribution in [0.1, 0.15) is 58.8 Å². The average molecular weight is 268 g/mol. The smallest absolute Gasteiger partial charge is 0.250 e. The van der Waals surface area contributed by atoms with Crippen LogP contribution in [0.15, 0.2) is 6.20 Å². The van der Waals surface area contributed by atoms with Crippen LogP contribution < -0.4 is 5.73 Å². The van der Waals surface area contributed by atoms with E-state index in [2.05, 4.69) is 4.98 Å². The topological polar surface area (TPSA) is 56.0 Å². The van der Waals surface area contributed by atoms with Gasteiger partial charge in [-0.05, 0) is 43.7 Å². The Morgan fingerprint density at radius 2 is 1.95 bits per heavy atom. The summed E-state index contributed by atoms with van der Waals surface area (Å²) in [4.78, 5) is 15.7. The van der Waals surface area contributed by atoms with E-state index in [1.165, 1.54) is 0 Å². The zero-order valence-corrected chi connectivity index (χ0v) is 11.2. The van der Waals surface area contributed by atoms with Gasteiger partial charge in [-0.1, -0.05) is 0 Å². The molecule has 2 rings (SSSR count). The lowest BCUT2D eigenvalue weighted by molar-refractivity contribution is -0.0382. The average Bonchev–Trinajstić information content (AvgIpc) is 2.32. The maximum atomic E-state index is 13.2. The Balaban J connectivity index is 2.40. The van der Waals surface area contributed by atoms with E-state index < -0.39 is 11.8 Å². The number of primary amides is 1. The molecule has 0 aromatic carbocycles. The molecule has 1 amide bonds. The van der Waals surface area contributed by atoms with Crippen molar-refractivity contribution in [3.05, 3.63) is 28.6 Å². The number of pyridine rings is 1. The van der Waals surface area contributed by atoms with Crippen LogP contribution in [0.4, 0.5) is 8.78 Å². The molecule has 3 nitrogen and oxygen atoms in total. The van der Waals surface area contributed by atoms with Crippen LogP contribution in [0.3, 0.4) is 0 Å². The highest BCUT2D eigenvalue weighted by Crippen LogP contribution is 2.42. The zero-order valence-electron chi connectivity index (χ0n) is 11.2. The van der Waals surface area contributed by atoms with Crippen molar-refractivity contribution in [1.82, 2.24) is 4.98 Å². The predicted octanol–water partition coefficient (Wildman–Crippen LogP) is 3.09. The van der Waals surface area contributed by atoms with E-state index in [1.54, 1.807) is 13.1 Å². The molecule has 1 aliphatic rings. The summed E-state index contributed by atoms with van der Waals surface area (Å²) in [5.41, 5.74) is 8.08. The van der Waals surface area contributed by atoms with E-state index in [1.807, 2.05) is 6.92 Å². The van der Waals surface area contributed by atoms with Crippen LogP contribution in [0, 0.1) is 13.8 Å². The second kappa shape index (κ2) is 4.87. The maximum Gasteiger partial charge on any atom is 0.250 e. The number of aromatic nitrogens is 1. The number of hydrogen-bond donors (Lipinski definition) is 1. The normalized spacial score (nSPS) is 19.4. The second-order valence-electron chi connectivity index (χ2n) is 5.31. The number of nitrogens with two attached hydrogens (primary N) is 1. The minimum absolute atomic E-state index is 0.0242. The first kappa shape index (κ1) is 13.9. The third kappa shape index (κ3) is 2.74. The van der Waals surface area contributed by atoms with Gasteiger partial charge in [0.2, 0.25) is 5.92 Å². The second-order valence-corrected chi connectivity index (χ2v) is 5.31. The van der Waals surface area contributed by atoms with Gasteiger partial charge in [0.1, 0.15) is 0 Å². The van der Waals surface area contributed by atoms with Crippen LogP contribution in [-0.2, 0) is 0 Å². The van der Waals surface area contributed by atoms with Gasteiger partial charge < -0.3 is 5.73 Å². The molecule has 2 N–H and O–H groups in total. The van der Waals surface area contributed by atoms with Gasteiger partial charge in [0, 0.05) is 19.0 Å². The van der Waals surface area contributed by atoms with Crippen molar-refractivity contribution < 1.29 is 13.6 Å². The first-order chi connectivity index (χ1) is 8.82. The van der Waals surface area contributed by atoms with Gasteiger partial charge in [0.25, 0.3) is 5.91 Å². The summed E-state index contributed by atoms with van der Waals surface area (Å²) in [7, 11) is 0. The van der Waals surface area contributed by atoms with E-state index in [4.69, 9.17) is 5.73 Å². The molecule has 0 atom stereocenters. The van der Waals surface area contributed by atoms with E-state index in [9.17, 15) is 13.6 Å². The number of halogens is 2. The third-order valence-corrected chi connectivity index (χ3v) is 3.88. The fraction of sp³-hybridized carbons (Fsp3) is 0.571. The summed E-state index contributed by atoms with van der Waals surface area (Å²) in [6.07, 6.45) is 2.20. The van der Waals surface area contributed by atoms with Crippen molar-refractivity contribution in [1.29, 1.82) is 0 Å². The number of rotatable bonds is 2. The number of carbonyl (C=O) groups is 1. The number of aryl methyl sites for hydroxylation is 2. The van der Waals surface area contributed by atoms with Crippen molar-refractivity contribution in [2.24, 2.45) is 5.73 Å². The highest BCUT2D eigenvalue weighted by atomic mass is 19.3. The summed E-state index contributed by atoms with van der Waals surface area (Å²) < 4.78 is 26.5. The number of amides is 1. The minimum atomic E-state index is -2.57. The lowest BCUT2D eigenvalue weighted by Gasteiger charge is -2.30. The largest absolute Gasteiger partial charge is 0.366 e. The van der Waals surface area contributed by atoms with Crippen molar-refractivity contribution >= 4 is 5.91 Å². The molecule has 19 heavy (non-hydrogen) atoms. The Hall–Kier alpha value is -1.52. The van der Waals surface area contributed by atoms with Gasteiger partial charge in [-0.15, -0.1) is 0 Å². The molecule has 1 aromatic rings. The van der Waals surface area contributed by atoms with Crippen LogP contribution in [0.5, 0.6) is 0 Å². The fourth-order valence-electron chi connectivity index (χ4n) is 2.89. The fourth-order valence-corrected chi connectivity index (χ4v) is 2.89. The molecule has 1 aliphatic carbocycles. The molecule has 0 saturated heterocycles. The molecule has 0 bridgehead atoms. The first-order valence-corrected chi connectivity index (χ1v) is 6.45. The molecule has 0 radical (unpaired) electrons. The van der Waals surface area contributed by atoms with E-state index in [-0.39, 0.29) is 18.8 Å². The highest BCUT2D eigenvalue weighted by molar-refractivity contribution is 5.95. The standard InChI is InChI=1S/C14H18F2N2O/c1-8-7-18-9(2)12(13(17)19)11(8)10-3-5-14(15,16)6-4-10/h7,10H,3-6H2,1-2H3,(H2,17,19). The van der Waals surface area contributed by atoms with Gasteiger partial charge in [0.15, 0.2) is 0 Å². The summed E-state index contributed by atoms with van der Waals surface area (Å²) in [5, 5.41) is 0. The highest BCUT2D eigenvalue weighted by Gasteiger charge is 2.37. The predicted molar refractivity (Wildman–Crippen MR) is 68.4 cm³/mol. The van der Waals surface area contributed by atoms with Gasteiger partial charge in [-0.25, -0.2) is 8.78 Å². The Bertz CT molecular complexity index is 504. The Kier molecular flexibility index (Phi) is 3.56. The lowest BCUT2D eigenvalue weighted by atomic mass is 9.79. The summed E-state index contributed by atoms with van der Waals surface area (Å²) >= 11 is 0. The zero-order chi connectivity index (χ0) is 14.2. The molecule has 0 unspecified atom stereocenters. The molecular formula is C14H18F2N2O. The molecule has 104 valence electrons. The molecule has 1 aromatic heterocycles. The van der Waals surface area contributed by atoms with Crippen molar-refractivity contribution in [2.75, 3.05) is 0 Å².